The van der Waals surface area contributed by atoms with Crippen LogP contribution in [0.1, 0.15) is 45.4 Å². The molecule has 4 rings (SSSR count). The summed E-state index contributed by atoms with van der Waals surface area (Å²) in [7, 11) is 0. The van der Waals surface area contributed by atoms with Crippen molar-refractivity contribution in [2.75, 3.05) is 59.2 Å². The minimum Gasteiger partial charge on any atom is -0.466 e. The van der Waals surface area contributed by atoms with E-state index in [4.69, 9.17) is 19.3 Å². The quantitative estimate of drug-likeness (QED) is 0.294. The van der Waals surface area contributed by atoms with Crippen molar-refractivity contribution in [2.24, 2.45) is 11.8 Å². The lowest BCUT2D eigenvalue weighted by molar-refractivity contribution is -0.154. The molecule has 1 spiro atoms. The van der Waals surface area contributed by atoms with Crippen LogP contribution in [0.4, 0.5) is 0 Å². The highest BCUT2D eigenvalue weighted by Crippen LogP contribution is 2.58. The highest BCUT2D eigenvalue weighted by molar-refractivity contribution is 5.98. The van der Waals surface area contributed by atoms with Gasteiger partial charge in [0.15, 0.2) is 0 Å². The Morgan fingerprint density at radius 1 is 1.18 bits per heavy atom. The summed E-state index contributed by atoms with van der Waals surface area (Å²) in [6, 6.07) is -0.739. The molecule has 0 radical (unpaired) electrons. The third-order valence-corrected chi connectivity index (χ3v) is 7.75. The number of nitrogens with one attached hydrogen (secondary N) is 1. The molecule has 2 bridgehead atoms. The first-order valence-electron chi connectivity index (χ1n) is 12.9. The summed E-state index contributed by atoms with van der Waals surface area (Å²) in [6.45, 7) is 6.88. The van der Waals surface area contributed by atoms with Crippen molar-refractivity contribution in [3.05, 3.63) is 0 Å². The molecule has 0 aromatic rings. The zero-order chi connectivity index (χ0) is 24.1. The van der Waals surface area contributed by atoms with E-state index in [2.05, 4.69) is 10.2 Å². The van der Waals surface area contributed by atoms with Crippen molar-refractivity contribution < 1.29 is 33.7 Å². The molecule has 34 heavy (non-hydrogen) atoms. The van der Waals surface area contributed by atoms with Crippen LogP contribution < -0.4 is 5.32 Å². The van der Waals surface area contributed by atoms with E-state index in [0.29, 0.717) is 39.1 Å². The van der Waals surface area contributed by atoms with Crippen LogP contribution in [0, 0.1) is 11.8 Å². The molecule has 4 aliphatic rings. The van der Waals surface area contributed by atoms with Gasteiger partial charge in [-0.15, -0.1) is 0 Å². The van der Waals surface area contributed by atoms with Gasteiger partial charge in [-0.3, -0.25) is 19.3 Å². The van der Waals surface area contributed by atoms with Crippen molar-refractivity contribution in [1.82, 2.24) is 15.1 Å². The van der Waals surface area contributed by atoms with E-state index in [-0.39, 0.29) is 31.1 Å². The molecular weight excluding hydrogens is 442 g/mol. The topological polar surface area (TPSA) is 118 Å². The molecule has 10 nitrogen and oxygen atoms in total. The first-order chi connectivity index (χ1) is 16.5. The van der Waals surface area contributed by atoms with Crippen molar-refractivity contribution in [2.45, 2.75) is 63.2 Å². The summed E-state index contributed by atoms with van der Waals surface area (Å²) in [5.74, 6) is -2.09. The number of rotatable bonds is 12. The second-order valence-electron chi connectivity index (χ2n) is 9.72. The number of fused-ring (bicyclic) bond motifs is 1. The van der Waals surface area contributed by atoms with E-state index in [1.807, 2.05) is 0 Å². The van der Waals surface area contributed by atoms with Crippen LogP contribution in [0.25, 0.3) is 0 Å². The van der Waals surface area contributed by atoms with Gasteiger partial charge in [0.05, 0.1) is 37.8 Å². The number of nitrogens with zero attached hydrogens (tertiary/aromatic N) is 2. The zero-order valence-electron chi connectivity index (χ0n) is 20.2. The molecule has 2 amide bonds. The van der Waals surface area contributed by atoms with Gasteiger partial charge < -0.3 is 29.5 Å². The van der Waals surface area contributed by atoms with Crippen LogP contribution in [-0.4, -0.2) is 110 Å². The van der Waals surface area contributed by atoms with Gasteiger partial charge in [-0.1, -0.05) is 12.8 Å². The van der Waals surface area contributed by atoms with Gasteiger partial charge >= 0.3 is 5.97 Å². The first-order valence-corrected chi connectivity index (χ1v) is 12.9. The van der Waals surface area contributed by atoms with Crippen LogP contribution in [0.2, 0.25) is 0 Å². The summed E-state index contributed by atoms with van der Waals surface area (Å²) in [5.41, 5.74) is -0.965. The average molecular weight is 482 g/mol. The first kappa shape index (κ1) is 25.3. The van der Waals surface area contributed by atoms with Gasteiger partial charge in [0, 0.05) is 39.3 Å². The van der Waals surface area contributed by atoms with Crippen molar-refractivity contribution in [3.8, 4) is 0 Å². The van der Waals surface area contributed by atoms with E-state index >= 15 is 0 Å². The molecule has 0 aliphatic carbocycles. The fraction of sp³-hybridized carbons (Fsp3) is 0.875. The number of carbonyl (C=O) groups is 3. The summed E-state index contributed by atoms with van der Waals surface area (Å²) in [4.78, 5) is 43.8. The lowest BCUT2D eigenvalue weighted by Crippen LogP contribution is -2.56. The number of aliphatic hydroxyl groups is 1. The van der Waals surface area contributed by atoms with Gasteiger partial charge in [0.25, 0.3) is 0 Å². The predicted molar refractivity (Wildman–Crippen MR) is 122 cm³/mol. The fourth-order valence-electron chi connectivity index (χ4n) is 6.21. The van der Waals surface area contributed by atoms with Gasteiger partial charge in [-0.25, -0.2) is 0 Å². The van der Waals surface area contributed by atoms with Gasteiger partial charge in [0.2, 0.25) is 11.8 Å². The van der Waals surface area contributed by atoms with Gasteiger partial charge in [-0.05, 0) is 32.6 Å². The molecule has 4 heterocycles. The Hall–Kier alpha value is -1.75. The van der Waals surface area contributed by atoms with Crippen molar-refractivity contribution >= 4 is 17.8 Å². The smallest absolute Gasteiger partial charge is 0.312 e. The predicted octanol–water partition coefficient (Wildman–Crippen LogP) is -0.0748. The maximum Gasteiger partial charge on any atom is 0.312 e. The number of esters is 1. The number of unbranched alkanes of at least 4 members (excludes halogenated alkanes) is 3. The molecule has 5 atom stereocenters. The van der Waals surface area contributed by atoms with Crippen LogP contribution in [0.3, 0.4) is 0 Å². The Kier molecular flexibility index (Phi) is 8.44. The van der Waals surface area contributed by atoms with E-state index in [0.717, 1.165) is 45.3 Å². The van der Waals surface area contributed by atoms with E-state index in [9.17, 15) is 14.4 Å². The molecular formula is C24H39N3O7. The molecule has 0 aromatic carbocycles. The monoisotopic (exact) mass is 481 g/mol. The number of hydrogen-bond donors (Lipinski definition) is 2. The summed E-state index contributed by atoms with van der Waals surface area (Å²) in [5, 5.41) is 12.1. The lowest BCUT2D eigenvalue weighted by atomic mass is 9.71. The summed E-state index contributed by atoms with van der Waals surface area (Å²) in [6.07, 6.45) is 4.05. The van der Waals surface area contributed by atoms with E-state index in [1.165, 1.54) is 0 Å². The second-order valence-corrected chi connectivity index (χ2v) is 9.72. The summed E-state index contributed by atoms with van der Waals surface area (Å²) >= 11 is 0. The van der Waals surface area contributed by atoms with Crippen molar-refractivity contribution in [1.29, 1.82) is 0 Å². The largest absolute Gasteiger partial charge is 0.466 e. The number of hydrogen-bond acceptors (Lipinski definition) is 8. The Bertz CT molecular complexity index is 744. The summed E-state index contributed by atoms with van der Waals surface area (Å²) < 4.78 is 17.0. The Balaban J connectivity index is 1.48. The molecule has 0 aromatic heterocycles. The molecule has 0 saturated carbocycles. The third-order valence-electron chi connectivity index (χ3n) is 7.75. The molecule has 192 valence electrons. The maximum absolute atomic E-state index is 13.6. The Labute approximate surface area is 201 Å². The second kappa shape index (κ2) is 11.3. The number of likely N-dealkylation sites (tertiary alicyclic amines) is 1. The highest BCUT2D eigenvalue weighted by Gasteiger charge is 2.74. The van der Waals surface area contributed by atoms with Crippen molar-refractivity contribution in [3.63, 3.8) is 0 Å². The normalized spacial score (nSPS) is 32.8. The van der Waals surface area contributed by atoms with Crippen LogP contribution in [0.15, 0.2) is 0 Å². The lowest BCUT2D eigenvalue weighted by Gasteiger charge is -2.34. The maximum atomic E-state index is 13.6. The minimum absolute atomic E-state index is 0.151. The van der Waals surface area contributed by atoms with Gasteiger partial charge in [-0.2, -0.15) is 0 Å². The number of carbonyl (C=O) groups excluding carboxylic acids is 3. The van der Waals surface area contributed by atoms with Crippen LogP contribution >= 0.6 is 0 Å². The molecule has 4 fully saturated rings. The molecule has 4 saturated heterocycles. The molecule has 10 heteroatoms. The Morgan fingerprint density at radius 3 is 2.68 bits per heavy atom. The third kappa shape index (κ3) is 4.82. The molecule has 2 N–H and O–H groups in total. The number of aliphatic hydroxyl groups excluding tert-OH is 1. The number of amides is 2. The van der Waals surface area contributed by atoms with Crippen LogP contribution in [0.5, 0.6) is 0 Å². The van der Waals surface area contributed by atoms with Gasteiger partial charge in [0.1, 0.15) is 11.6 Å². The van der Waals surface area contributed by atoms with E-state index in [1.54, 1.807) is 11.8 Å². The minimum atomic E-state index is -0.965. The SMILES string of the molecule is CCOC(=O)[C@@H]1[C@H]2C(=O)N(CCCCCCO)[C@H](C(=O)NCCN3CCOCC3)[C@]23CC[C@H]1O3. The number of morpholine rings is 1. The number of ether oxygens (including phenoxy) is 3. The Morgan fingerprint density at radius 2 is 1.94 bits per heavy atom. The highest BCUT2D eigenvalue weighted by atomic mass is 16.6. The fourth-order valence-corrected chi connectivity index (χ4v) is 6.21. The van der Waals surface area contributed by atoms with E-state index < -0.39 is 29.4 Å². The zero-order valence-corrected chi connectivity index (χ0v) is 20.2. The standard InChI is InChI=1S/C24H39N3O7/c1-2-33-23(31)18-17-7-8-24(34-17)19(18)22(30)27(10-5-3-4-6-14-28)20(24)21(29)25-9-11-26-12-15-32-16-13-26/h17-20,28H,2-16H2,1H3,(H,25,29)/t17-,18+,19+,20-,24+/m1/s1. The molecule has 0 unspecified atom stereocenters. The average Bonchev–Trinajstić information content (AvgIpc) is 3.47. The van der Waals surface area contributed by atoms with Crippen LogP contribution in [-0.2, 0) is 28.6 Å². The molecule has 4 aliphatic heterocycles.